The standard InChI is InChI=1S/C24H24N2O4/c1-17-5-11-21(12-6-17)23(27)22-13-15-26(25-22)14-3-4-19-7-9-20(10-8-19)16-30-18(2)24(28)29/h3-13,15,18H,14,16H2,1-2H3,(H,28,29)/t18-/m1/s1. The number of carbonyl (C=O) groups excluding carboxylic acids is 1. The molecule has 6 heteroatoms. The van der Waals surface area contributed by atoms with E-state index in [1.165, 1.54) is 6.92 Å². The third-order valence-corrected chi connectivity index (χ3v) is 4.62. The largest absolute Gasteiger partial charge is 0.479 e. The average molecular weight is 404 g/mol. The minimum atomic E-state index is -0.975. The topological polar surface area (TPSA) is 81.4 Å². The Hall–Kier alpha value is -3.51. The molecule has 0 radical (unpaired) electrons. The van der Waals surface area contributed by atoms with Crippen LogP contribution in [0, 0.1) is 6.92 Å². The van der Waals surface area contributed by atoms with Gasteiger partial charge in [-0.25, -0.2) is 4.79 Å². The molecule has 2 aromatic carbocycles. The number of allylic oxidation sites excluding steroid dienone is 1. The van der Waals surface area contributed by atoms with Gasteiger partial charge in [0.15, 0.2) is 6.10 Å². The molecule has 30 heavy (non-hydrogen) atoms. The molecule has 0 aliphatic rings. The second-order valence-corrected chi connectivity index (χ2v) is 7.05. The molecule has 0 unspecified atom stereocenters. The van der Waals surface area contributed by atoms with Crippen molar-refractivity contribution in [1.82, 2.24) is 9.78 Å². The zero-order valence-corrected chi connectivity index (χ0v) is 17.0. The number of aliphatic carboxylic acids is 1. The predicted octanol–water partition coefficient (Wildman–Crippen LogP) is 4.13. The van der Waals surface area contributed by atoms with Crippen molar-refractivity contribution in [3.05, 3.63) is 94.8 Å². The molecule has 0 bridgehead atoms. The summed E-state index contributed by atoms with van der Waals surface area (Å²) in [6.07, 6.45) is 4.88. The summed E-state index contributed by atoms with van der Waals surface area (Å²) in [7, 11) is 0. The fraction of sp³-hybridized carbons (Fsp3) is 0.208. The van der Waals surface area contributed by atoms with Gasteiger partial charge in [-0.15, -0.1) is 0 Å². The zero-order chi connectivity index (χ0) is 21.5. The summed E-state index contributed by atoms with van der Waals surface area (Å²) in [6, 6.07) is 16.9. The van der Waals surface area contributed by atoms with E-state index in [4.69, 9.17) is 9.84 Å². The summed E-state index contributed by atoms with van der Waals surface area (Å²) >= 11 is 0. The minimum Gasteiger partial charge on any atom is -0.479 e. The van der Waals surface area contributed by atoms with E-state index >= 15 is 0 Å². The van der Waals surface area contributed by atoms with Gasteiger partial charge in [-0.3, -0.25) is 9.48 Å². The Morgan fingerprint density at radius 2 is 1.80 bits per heavy atom. The highest BCUT2D eigenvalue weighted by molar-refractivity contribution is 6.07. The van der Waals surface area contributed by atoms with E-state index < -0.39 is 12.1 Å². The highest BCUT2D eigenvalue weighted by Crippen LogP contribution is 2.11. The van der Waals surface area contributed by atoms with Crippen molar-refractivity contribution in [2.45, 2.75) is 33.1 Å². The number of carboxylic acid groups (broad SMARTS) is 1. The van der Waals surface area contributed by atoms with Gasteiger partial charge in [0.05, 0.1) is 13.2 Å². The van der Waals surface area contributed by atoms with Crippen molar-refractivity contribution in [3.8, 4) is 0 Å². The monoisotopic (exact) mass is 404 g/mol. The molecule has 1 atom stereocenters. The van der Waals surface area contributed by atoms with Crippen molar-refractivity contribution in [3.63, 3.8) is 0 Å². The zero-order valence-electron chi connectivity index (χ0n) is 17.0. The summed E-state index contributed by atoms with van der Waals surface area (Å²) < 4.78 is 6.99. The van der Waals surface area contributed by atoms with Crippen LogP contribution in [0.3, 0.4) is 0 Å². The lowest BCUT2D eigenvalue weighted by atomic mass is 10.1. The lowest BCUT2D eigenvalue weighted by Crippen LogP contribution is -2.19. The molecule has 0 fully saturated rings. The van der Waals surface area contributed by atoms with E-state index in [2.05, 4.69) is 5.10 Å². The number of carbonyl (C=O) groups is 2. The first-order valence-corrected chi connectivity index (χ1v) is 9.67. The molecule has 0 saturated carbocycles. The van der Waals surface area contributed by atoms with Crippen LogP contribution in [-0.2, 0) is 22.7 Å². The van der Waals surface area contributed by atoms with E-state index in [0.717, 1.165) is 16.7 Å². The number of hydrogen-bond donors (Lipinski definition) is 1. The van der Waals surface area contributed by atoms with Crippen LogP contribution >= 0.6 is 0 Å². The van der Waals surface area contributed by atoms with Gasteiger partial charge in [-0.2, -0.15) is 5.10 Å². The number of carboxylic acids is 1. The number of aryl methyl sites for hydroxylation is 1. The summed E-state index contributed by atoms with van der Waals surface area (Å²) in [5.74, 6) is -1.07. The second kappa shape index (κ2) is 9.80. The molecule has 0 aliphatic heterocycles. The molecule has 1 aromatic heterocycles. The molecule has 154 valence electrons. The van der Waals surface area contributed by atoms with Crippen LogP contribution in [0.2, 0.25) is 0 Å². The summed E-state index contributed by atoms with van der Waals surface area (Å²) in [5.41, 5.74) is 4.08. The third-order valence-electron chi connectivity index (χ3n) is 4.62. The lowest BCUT2D eigenvalue weighted by Gasteiger charge is -2.08. The number of ether oxygens (including phenoxy) is 1. The molecule has 6 nitrogen and oxygen atoms in total. The van der Waals surface area contributed by atoms with Gasteiger partial charge in [0.2, 0.25) is 5.78 Å². The molecule has 0 amide bonds. The molecule has 3 aromatic rings. The summed E-state index contributed by atoms with van der Waals surface area (Å²) in [5, 5.41) is 13.2. The van der Waals surface area contributed by atoms with Crippen molar-refractivity contribution in [2.75, 3.05) is 0 Å². The molecular formula is C24H24N2O4. The minimum absolute atomic E-state index is 0.0900. The first kappa shape index (κ1) is 21.2. The Morgan fingerprint density at radius 3 is 2.47 bits per heavy atom. The van der Waals surface area contributed by atoms with Crippen LogP contribution < -0.4 is 0 Å². The van der Waals surface area contributed by atoms with E-state index in [9.17, 15) is 9.59 Å². The highest BCUT2D eigenvalue weighted by Gasteiger charge is 2.12. The van der Waals surface area contributed by atoms with Gasteiger partial charge in [0.25, 0.3) is 0 Å². The van der Waals surface area contributed by atoms with Crippen molar-refractivity contribution >= 4 is 17.8 Å². The van der Waals surface area contributed by atoms with E-state index in [-0.39, 0.29) is 12.4 Å². The molecule has 1 heterocycles. The van der Waals surface area contributed by atoms with Crippen molar-refractivity contribution in [1.29, 1.82) is 0 Å². The maximum atomic E-state index is 12.5. The number of nitrogens with zero attached hydrogens (tertiary/aromatic N) is 2. The van der Waals surface area contributed by atoms with Gasteiger partial charge >= 0.3 is 5.97 Å². The van der Waals surface area contributed by atoms with Crippen LogP contribution in [0.4, 0.5) is 0 Å². The highest BCUT2D eigenvalue weighted by atomic mass is 16.5. The van der Waals surface area contributed by atoms with Crippen LogP contribution in [0.5, 0.6) is 0 Å². The third kappa shape index (κ3) is 5.75. The lowest BCUT2D eigenvalue weighted by molar-refractivity contribution is -0.149. The molecule has 0 spiro atoms. The molecular weight excluding hydrogens is 380 g/mol. The van der Waals surface area contributed by atoms with E-state index in [1.807, 2.05) is 67.6 Å². The van der Waals surface area contributed by atoms with E-state index in [1.54, 1.807) is 16.9 Å². The second-order valence-electron chi connectivity index (χ2n) is 7.05. The Labute approximate surface area is 175 Å². The number of aromatic nitrogens is 2. The predicted molar refractivity (Wildman–Crippen MR) is 114 cm³/mol. The van der Waals surface area contributed by atoms with E-state index in [0.29, 0.717) is 17.8 Å². The first-order chi connectivity index (χ1) is 14.4. The Bertz CT molecular complexity index is 1030. The van der Waals surface area contributed by atoms with Gasteiger partial charge in [0.1, 0.15) is 5.69 Å². The van der Waals surface area contributed by atoms with Gasteiger partial charge in [-0.1, -0.05) is 66.2 Å². The van der Waals surface area contributed by atoms with Crippen molar-refractivity contribution < 1.29 is 19.4 Å². The van der Waals surface area contributed by atoms with Crippen molar-refractivity contribution in [2.24, 2.45) is 0 Å². The molecule has 1 N–H and O–H groups in total. The van der Waals surface area contributed by atoms with Gasteiger partial charge in [-0.05, 0) is 31.0 Å². The average Bonchev–Trinajstić information content (AvgIpc) is 3.22. The number of ketones is 1. The molecule has 0 saturated heterocycles. The molecule has 3 rings (SSSR count). The van der Waals surface area contributed by atoms with Gasteiger partial charge in [0, 0.05) is 11.8 Å². The Kier molecular flexibility index (Phi) is 6.93. The Morgan fingerprint density at radius 1 is 1.10 bits per heavy atom. The quantitative estimate of drug-likeness (QED) is 0.543. The smallest absolute Gasteiger partial charge is 0.332 e. The maximum absolute atomic E-state index is 12.5. The summed E-state index contributed by atoms with van der Waals surface area (Å²) in [6.45, 7) is 4.29. The van der Waals surface area contributed by atoms with Gasteiger partial charge < -0.3 is 9.84 Å². The fourth-order valence-electron chi connectivity index (χ4n) is 2.75. The van der Waals surface area contributed by atoms with Crippen LogP contribution in [0.25, 0.3) is 6.08 Å². The number of rotatable bonds is 9. The normalized spacial score (nSPS) is 12.2. The van der Waals surface area contributed by atoms with Crippen LogP contribution in [0.15, 0.2) is 66.9 Å². The Balaban J connectivity index is 1.54. The number of hydrogen-bond acceptors (Lipinski definition) is 4. The first-order valence-electron chi connectivity index (χ1n) is 9.67. The maximum Gasteiger partial charge on any atom is 0.332 e. The number of benzene rings is 2. The van der Waals surface area contributed by atoms with Crippen LogP contribution in [-0.4, -0.2) is 32.7 Å². The molecule has 0 aliphatic carbocycles. The SMILES string of the molecule is Cc1ccc(C(=O)c2ccn(CC=Cc3ccc(CO[C@H](C)C(=O)O)cc3)n2)cc1. The summed E-state index contributed by atoms with van der Waals surface area (Å²) in [4.78, 5) is 23.3. The van der Waals surface area contributed by atoms with Crippen LogP contribution in [0.1, 0.15) is 39.7 Å². The fourth-order valence-corrected chi connectivity index (χ4v) is 2.75.